The predicted molar refractivity (Wildman–Crippen MR) is 66.3 cm³/mol. The van der Waals surface area contributed by atoms with Gasteiger partial charge in [-0.05, 0) is 46.1 Å². The molecule has 0 spiro atoms. The topological polar surface area (TPSA) is 37.4 Å². The molecule has 0 N–H and O–H groups in total. The van der Waals surface area contributed by atoms with Crippen molar-refractivity contribution in [1.29, 1.82) is 0 Å². The van der Waals surface area contributed by atoms with Crippen LogP contribution in [-0.2, 0) is 9.84 Å². The standard InChI is InChI=1S/C12H19NO2S/c1-11(9-10-13(2)3)16(14,15)12-7-5-4-6-8-12/h4-8,11H,9-10H2,1-3H3. The average molecular weight is 241 g/mol. The second kappa shape index (κ2) is 5.46. The highest BCUT2D eigenvalue weighted by Gasteiger charge is 2.22. The highest BCUT2D eigenvalue weighted by Crippen LogP contribution is 2.17. The first-order valence-corrected chi connectivity index (χ1v) is 6.93. The van der Waals surface area contributed by atoms with Crippen molar-refractivity contribution in [3.05, 3.63) is 30.3 Å². The van der Waals surface area contributed by atoms with E-state index in [4.69, 9.17) is 0 Å². The van der Waals surface area contributed by atoms with Crippen molar-refractivity contribution in [2.24, 2.45) is 0 Å². The lowest BCUT2D eigenvalue weighted by atomic mass is 10.3. The summed E-state index contributed by atoms with van der Waals surface area (Å²) in [5.41, 5.74) is 0. The fourth-order valence-corrected chi connectivity index (χ4v) is 2.85. The van der Waals surface area contributed by atoms with Crippen molar-refractivity contribution in [1.82, 2.24) is 4.90 Å². The Hall–Kier alpha value is -0.870. The van der Waals surface area contributed by atoms with Gasteiger partial charge in [0.05, 0.1) is 10.1 Å². The SMILES string of the molecule is CC(CCN(C)C)S(=O)(=O)c1ccccc1. The Morgan fingerprint density at radius 1 is 1.19 bits per heavy atom. The maximum absolute atomic E-state index is 12.1. The first-order valence-electron chi connectivity index (χ1n) is 5.38. The summed E-state index contributed by atoms with van der Waals surface area (Å²) in [5, 5.41) is -0.336. The Morgan fingerprint density at radius 2 is 1.75 bits per heavy atom. The minimum Gasteiger partial charge on any atom is -0.309 e. The van der Waals surface area contributed by atoms with Crippen LogP contribution < -0.4 is 0 Å². The summed E-state index contributed by atoms with van der Waals surface area (Å²) in [7, 11) is 0.731. The maximum atomic E-state index is 12.1. The summed E-state index contributed by atoms with van der Waals surface area (Å²) in [6.07, 6.45) is 0.657. The van der Waals surface area contributed by atoms with Gasteiger partial charge in [-0.25, -0.2) is 8.42 Å². The molecule has 0 aliphatic heterocycles. The molecule has 0 radical (unpaired) electrons. The van der Waals surface area contributed by atoms with Crippen LogP contribution >= 0.6 is 0 Å². The van der Waals surface area contributed by atoms with Crippen LogP contribution in [0.15, 0.2) is 35.2 Å². The first kappa shape index (κ1) is 13.2. The molecule has 90 valence electrons. The van der Waals surface area contributed by atoms with Crippen LogP contribution in [0.25, 0.3) is 0 Å². The zero-order chi connectivity index (χ0) is 12.2. The van der Waals surface area contributed by atoms with Crippen molar-refractivity contribution < 1.29 is 8.42 Å². The normalized spacial score (nSPS) is 14.0. The van der Waals surface area contributed by atoms with Crippen LogP contribution in [0.3, 0.4) is 0 Å². The van der Waals surface area contributed by atoms with Crippen molar-refractivity contribution in [3.8, 4) is 0 Å². The van der Waals surface area contributed by atoms with Gasteiger partial charge in [-0.1, -0.05) is 18.2 Å². The lowest BCUT2D eigenvalue weighted by Crippen LogP contribution is -2.24. The number of sulfone groups is 1. The van der Waals surface area contributed by atoms with Gasteiger partial charge >= 0.3 is 0 Å². The van der Waals surface area contributed by atoms with Crippen LogP contribution in [0.5, 0.6) is 0 Å². The van der Waals surface area contributed by atoms with Gasteiger partial charge in [0.15, 0.2) is 9.84 Å². The molecule has 16 heavy (non-hydrogen) atoms. The van der Waals surface area contributed by atoms with Gasteiger partial charge in [-0.3, -0.25) is 0 Å². The number of hydrogen-bond acceptors (Lipinski definition) is 3. The second-order valence-electron chi connectivity index (χ2n) is 4.26. The van der Waals surface area contributed by atoms with Crippen molar-refractivity contribution in [2.45, 2.75) is 23.5 Å². The second-order valence-corrected chi connectivity index (χ2v) is 6.63. The number of rotatable bonds is 5. The van der Waals surface area contributed by atoms with Gasteiger partial charge in [-0.15, -0.1) is 0 Å². The third-order valence-corrected chi connectivity index (χ3v) is 4.81. The van der Waals surface area contributed by atoms with E-state index in [2.05, 4.69) is 0 Å². The molecule has 1 rings (SSSR count). The summed E-state index contributed by atoms with van der Waals surface area (Å²) in [5.74, 6) is 0. The molecule has 1 atom stereocenters. The highest BCUT2D eigenvalue weighted by molar-refractivity contribution is 7.92. The molecule has 1 unspecified atom stereocenters. The van der Waals surface area contributed by atoms with Crippen LogP contribution in [0, 0.1) is 0 Å². The quantitative estimate of drug-likeness (QED) is 0.789. The van der Waals surface area contributed by atoms with E-state index in [9.17, 15) is 8.42 Å². The molecule has 0 saturated carbocycles. The van der Waals surface area contributed by atoms with Gasteiger partial charge in [0, 0.05) is 0 Å². The molecular weight excluding hydrogens is 222 g/mol. The molecular formula is C12H19NO2S. The maximum Gasteiger partial charge on any atom is 0.181 e. The molecule has 0 aromatic heterocycles. The van der Waals surface area contributed by atoms with Gasteiger partial charge in [-0.2, -0.15) is 0 Å². The molecule has 0 amide bonds. The van der Waals surface area contributed by atoms with Gasteiger partial charge in [0.25, 0.3) is 0 Å². The molecule has 4 heteroatoms. The van der Waals surface area contributed by atoms with E-state index in [1.807, 2.05) is 25.1 Å². The Balaban J connectivity index is 2.79. The Kier molecular flexibility index (Phi) is 4.50. The molecule has 0 aliphatic rings. The van der Waals surface area contributed by atoms with Crippen molar-refractivity contribution >= 4 is 9.84 Å². The van der Waals surface area contributed by atoms with Crippen molar-refractivity contribution in [2.75, 3.05) is 20.6 Å². The zero-order valence-electron chi connectivity index (χ0n) is 10.1. The summed E-state index contributed by atoms with van der Waals surface area (Å²) in [6, 6.07) is 8.64. The molecule has 0 heterocycles. The fourth-order valence-electron chi connectivity index (χ4n) is 1.44. The molecule has 1 aromatic rings. The monoisotopic (exact) mass is 241 g/mol. The van der Waals surface area contributed by atoms with E-state index < -0.39 is 9.84 Å². The Morgan fingerprint density at radius 3 is 2.25 bits per heavy atom. The molecule has 1 aromatic carbocycles. The van der Waals surface area contributed by atoms with Crippen LogP contribution in [0.2, 0.25) is 0 Å². The smallest absolute Gasteiger partial charge is 0.181 e. The number of nitrogens with zero attached hydrogens (tertiary/aromatic N) is 1. The zero-order valence-corrected chi connectivity index (χ0v) is 10.9. The minimum atomic E-state index is -3.16. The van der Waals surface area contributed by atoms with Crippen molar-refractivity contribution in [3.63, 3.8) is 0 Å². The van der Waals surface area contributed by atoms with E-state index in [0.717, 1.165) is 6.54 Å². The number of hydrogen-bond donors (Lipinski definition) is 0. The van der Waals surface area contributed by atoms with Crippen LogP contribution in [-0.4, -0.2) is 39.2 Å². The highest BCUT2D eigenvalue weighted by atomic mass is 32.2. The predicted octanol–water partition coefficient (Wildman–Crippen LogP) is 1.80. The van der Waals surface area contributed by atoms with Crippen LogP contribution in [0.4, 0.5) is 0 Å². The fraction of sp³-hybridized carbons (Fsp3) is 0.500. The van der Waals surface area contributed by atoms with Crippen LogP contribution in [0.1, 0.15) is 13.3 Å². The third kappa shape index (κ3) is 3.32. The molecule has 0 saturated heterocycles. The lowest BCUT2D eigenvalue weighted by molar-refractivity contribution is 0.397. The first-order chi connectivity index (χ1) is 7.44. The van der Waals surface area contributed by atoms with Gasteiger partial charge in [0.2, 0.25) is 0 Å². The Bertz CT molecular complexity index is 412. The molecule has 3 nitrogen and oxygen atoms in total. The summed E-state index contributed by atoms with van der Waals surface area (Å²) in [6.45, 7) is 2.55. The molecule has 0 fully saturated rings. The molecule has 0 bridgehead atoms. The van der Waals surface area contributed by atoms with Gasteiger partial charge < -0.3 is 4.90 Å². The minimum absolute atomic E-state index is 0.336. The number of benzene rings is 1. The van der Waals surface area contributed by atoms with E-state index in [-0.39, 0.29) is 5.25 Å². The largest absolute Gasteiger partial charge is 0.309 e. The lowest BCUT2D eigenvalue weighted by Gasteiger charge is -2.15. The summed E-state index contributed by atoms with van der Waals surface area (Å²) < 4.78 is 24.3. The van der Waals surface area contributed by atoms with E-state index in [0.29, 0.717) is 11.3 Å². The molecule has 0 aliphatic carbocycles. The van der Waals surface area contributed by atoms with E-state index in [1.165, 1.54) is 0 Å². The summed E-state index contributed by atoms with van der Waals surface area (Å²) in [4.78, 5) is 2.41. The summed E-state index contributed by atoms with van der Waals surface area (Å²) >= 11 is 0. The van der Waals surface area contributed by atoms with Gasteiger partial charge in [0.1, 0.15) is 0 Å². The van der Waals surface area contributed by atoms with E-state index >= 15 is 0 Å². The average Bonchev–Trinajstić information content (AvgIpc) is 2.27. The third-order valence-electron chi connectivity index (χ3n) is 2.58. The van der Waals surface area contributed by atoms with E-state index in [1.54, 1.807) is 31.2 Å². The Labute approximate surface area is 98.0 Å².